The molecule has 0 aliphatic rings. The van der Waals surface area contributed by atoms with Crippen LogP contribution in [-0.4, -0.2) is 16.9 Å². The highest BCUT2D eigenvalue weighted by atomic mass is 35.5. The molecular weight excluding hydrogens is 266 g/mol. The van der Waals surface area contributed by atoms with Crippen molar-refractivity contribution in [3.05, 3.63) is 22.3 Å². The van der Waals surface area contributed by atoms with Gasteiger partial charge in [-0.2, -0.15) is 0 Å². The second-order valence-electron chi connectivity index (χ2n) is 3.96. The highest BCUT2D eigenvalue weighted by molar-refractivity contribution is 6.35. The third-order valence-electron chi connectivity index (χ3n) is 2.35. The molecule has 0 spiro atoms. The molecule has 0 fully saturated rings. The van der Waals surface area contributed by atoms with Crippen LogP contribution >= 0.6 is 34.8 Å². The van der Waals surface area contributed by atoms with Crippen LogP contribution in [0.3, 0.4) is 0 Å². The van der Waals surface area contributed by atoms with Gasteiger partial charge in [-0.1, -0.05) is 37.0 Å². The van der Waals surface area contributed by atoms with Crippen LogP contribution in [0.4, 0.5) is 5.82 Å². The average Bonchev–Trinajstić information content (AvgIpc) is 2.20. The second kappa shape index (κ2) is 6.53. The topological polar surface area (TPSA) is 24.9 Å². The van der Waals surface area contributed by atoms with Crippen molar-refractivity contribution in [3.8, 4) is 0 Å². The van der Waals surface area contributed by atoms with E-state index in [1.807, 2.05) is 0 Å². The first-order valence-corrected chi connectivity index (χ1v) is 6.47. The molecule has 0 bridgehead atoms. The quantitative estimate of drug-likeness (QED) is 0.806. The molecule has 1 unspecified atom stereocenters. The molecule has 2 nitrogen and oxygen atoms in total. The Morgan fingerprint density at radius 3 is 2.56 bits per heavy atom. The third-order valence-corrected chi connectivity index (χ3v) is 3.07. The SMILES string of the molecule is CC(C)C(CCCl)Nc1ncc(Cl)cc1Cl. The molecule has 0 amide bonds. The summed E-state index contributed by atoms with van der Waals surface area (Å²) >= 11 is 17.6. The molecule has 1 atom stereocenters. The second-order valence-corrected chi connectivity index (χ2v) is 5.18. The Morgan fingerprint density at radius 1 is 1.38 bits per heavy atom. The van der Waals surface area contributed by atoms with Crippen molar-refractivity contribution in [2.45, 2.75) is 26.3 Å². The highest BCUT2D eigenvalue weighted by Crippen LogP contribution is 2.24. The maximum absolute atomic E-state index is 6.04. The molecule has 0 aromatic carbocycles. The minimum absolute atomic E-state index is 0.267. The molecule has 90 valence electrons. The van der Waals surface area contributed by atoms with Crippen molar-refractivity contribution in [2.24, 2.45) is 5.92 Å². The predicted molar refractivity (Wildman–Crippen MR) is 71.8 cm³/mol. The molecule has 1 N–H and O–H groups in total. The lowest BCUT2D eigenvalue weighted by Gasteiger charge is -2.22. The van der Waals surface area contributed by atoms with Crippen LogP contribution in [0, 0.1) is 5.92 Å². The van der Waals surface area contributed by atoms with Crippen LogP contribution in [0.2, 0.25) is 10.0 Å². The number of halogens is 3. The van der Waals surface area contributed by atoms with Gasteiger partial charge in [-0.15, -0.1) is 11.6 Å². The van der Waals surface area contributed by atoms with Crippen LogP contribution in [0.15, 0.2) is 12.3 Å². The summed E-state index contributed by atoms with van der Waals surface area (Å²) in [5, 5.41) is 4.36. The van der Waals surface area contributed by atoms with Crippen molar-refractivity contribution >= 4 is 40.6 Å². The molecule has 0 saturated carbocycles. The number of aromatic nitrogens is 1. The maximum atomic E-state index is 6.04. The number of pyridine rings is 1. The van der Waals surface area contributed by atoms with E-state index in [4.69, 9.17) is 34.8 Å². The number of hydrogen-bond acceptors (Lipinski definition) is 2. The van der Waals surface area contributed by atoms with Gasteiger partial charge in [0.1, 0.15) is 5.82 Å². The summed E-state index contributed by atoms with van der Waals surface area (Å²) in [7, 11) is 0. The monoisotopic (exact) mass is 280 g/mol. The van der Waals surface area contributed by atoms with Crippen molar-refractivity contribution in [1.82, 2.24) is 4.98 Å². The van der Waals surface area contributed by atoms with Gasteiger partial charge in [0.2, 0.25) is 0 Å². The van der Waals surface area contributed by atoms with E-state index in [0.717, 1.165) is 6.42 Å². The van der Waals surface area contributed by atoms with E-state index in [2.05, 4.69) is 24.1 Å². The molecule has 0 saturated heterocycles. The summed E-state index contributed by atoms with van der Waals surface area (Å²) in [5.74, 6) is 1.74. The minimum atomic E-state index is 0.267. The minimum Gasteiger partial charge on any atom is -0.366 e. The van der Waals surface area contributed by atoms with E-state index in [1.54, 1.807) is 12.3 Å². The lowest BCUT2D eigenvalue weighted by molar-refractivity contribution is 0.512. The number of rotatable bonds is 5. The van der Waals surface area contributed by atoms with E-state index in [1.165, 1.54) is 0 Å². The zero-order valence-corrected chi connectivity index (χ0v) is 11.6. The number of hydrogen-bond donors (Lipinski definition) is 1. The van der Waals surface area contributed by atoms with Crippen molar-refractivity contribution in [3.63, 3.8) is 0 Å². The molecule has 1 aromatic heterocycles. The highest BCUT2D eigenvalue weighted by Gasteiger charge is 2.14. The Kier molecular flexibility index (Phi) is 5.67. The number of nitrogens with zero attached hydrogens (tertiary/aromatic N) is 1. The lowest BCUT2D eigenvalue weighted by Crippen LogP contribution is -2.26. The molecule has 0 radical (unpaired) electrons. The summed E-state index contributed by atoms with van der Waals surface area (Å²) in [4.78, 5) is 4.16. The van der Waals surface area contributed by atoms with Gasteiger partial charge in [0, 0.05) is 18.1 Å². The van der Waals surface area contributed by atoms with Gasteiger partial charge >= 0.3 is 0 Å². The summed E-state index contributed by atoms with van der Waals surface area (Å²) < 4.78 is 0. The fraction of sp³-hybridized carbons (Fsp3) is 0.545. The molecule has 5 heteroatoms. The molecule has 1 aromatic rings. The van der Waals surface area contributed by atoms with Crippen molar-refractivity contribution < 1.29 is 0 Å². The number of nitrogens with one attached hydrogen (secondary N) is 1. The average molecular weight is 282 g/mol. The first kappa shape index (κ1) is 13.9. The first-order valence-electron chi connectivity index (χ1n) is 5.18. The summed E-state index contributed by atoms with van der Waals surface area (Å²) in [6.07, 6.45) is 2.45. The molecule has 0 aliphatic carbocycles. The van der Waals surface area contributed by atoms with Crippen LogP contribution in [0.1, 0.15) is 20.3 Å². The fourth-order valence-corrected chi connectivity index (χ4v) is 2.06. The molecule has 16 heavy (non-hydrogen) atoms. The fourth-order valence-electron chi connectivity index (χ4n) is 1.39. The maximum Gasteiger partial charge on any atom is 0.145 e. The Labute approximate surface area is 111 Å². The largest absolute Gasteiger partial charge is 0.366 e. The zero-order valence-electron chi connectivity index (χ0n) is 9.30. The molecule has 1 heterocycles. The van der Waals surface area contributed by atoms with Gasteiger partial charge in [0.15, 0.2) is 0 Å². The summed E-state index contributed by atoms with van der Waals surface area (Å²) in [6, 6.07) is 1.94. The molecular formula is C11H15Cl3N2. The smallest absolute Gasteiger partial charge is 0.145 e. The Balaban J connectivity index is 2.77. The Hall–Kier alpha value is -0.180. The van der Waals surface area contributed by atoms with Gasteiger partial charge < -0.3 is 5.32 Å². The van der Waals surface area contributed by atoms with Gasteiger partial charge in [0.05, 0.1) is 10.0 Å². The van der Waals surface area contributed by atoms with Crippen molar-refractivity contribution in [1.29, 1.82) is 0 Å². The normalized spacial score (nSPS) is 12.9. The van der Waals surface area contributed by atoms with Gasteiger partial charge in [-0.05, 0) is 18.4 Å². The van der Waals surface area contributed by atoms with E-state index in [-0.39, 0.29) is 6.04 Å². The van der Waals surface area contributed by atoms with Crippen LogP contribution in [-0.2, 0) is 0 Å². The van der Waals surface area contributed by atoms with Gasteiger partial charge in [-0.25, -0.2) is 4.98 Å². The summed E-state index contributed by atoms with van der Waals surface area (Å²) in [5.41, 5.74) is 0. The van der Waals surface area contributed by atoms with Crippen molar-refractivity contribution in [2.75, 3.05) is 11.2 Å². The summed E-state index contributed by atoms with van der Waals surface area (Å²) in [6.45, 7) is 4.27. The zero-order chi connectivity index (χ0) is 12.1. The first-order chi connectivity index (χ1) is 7.54. The van der Waals surface area contributed by atoms with E-state index >= 15 is 0 Å². The lowest BCUT2D eigenvalue weighted by atomic mass is 10.0. The van der Waals surface area contributed by atoms with E-state index in [0.29, 0.717) is 27.7 Å². The van der Waals surface area contributed by atoms with E-state index < -0.39 is 0 Å². The Bertz CT molecular complexity index is 342. The predicted octanol–water partition coefficient (Wildman–Crippen LogP) is 4.45. The number of alkyl halides is 1. The van der Waals surface area contributed by atoms with E-state index in [9.17, 15) is 0 Å². The standard InChI is InChI=1S/C11H15Cl3N2/c1-7(2)10(3-4-12)16-11-9(14)5-8(13)6-15-11/h5-7,10H,3-4H2,1-2H3,(H,15,16). The van der Waals surface area contributed by atoms with Crippen LogP contribution in [0.5, 0.6) is 0 Å². The van der Waals surface area contributed by atoms with Crippen LogP contribution in [0.25, 0.3) is 0 Å². The van der Waals surface area contributed by atoms with Crippen LogP contribution < -0.4 is 5.32 Å². The van der Waals surface area contributed by atoms with Gasteiger partial charge in [-0.3, -0.25) is 0 Å². The van der Waals surface area contributed by atoms with Gasteiger partial charge in [0.25, 0.3) is 0 Å². The Morgan fingerprint density at radius 2 is 2.06 bits per heavy atom. The number of anilines is 1. The molecule has 0 aliphatic heterocycles. The third kappa shape index (κ3) is 4.00. The molecule has 1 rings (SSSR count).